The normalized spacial score (nSPS) is 10.7. The molecule has 74 valence electrons. The fourth-order valence-electron chi connectivity index (χ4n) is 0.993. The maximum absolute atomic E-state index is 8.82. The fraction of sp³-hybridized carbons (Fsp3) is 0.455. The average molecular weight is 189 g/mol. The van der Waals surface area contributed by atoms with E-state index in [1.54, 1.807) is 0 Å². The molecule has 1 rings (SSSR count). The van der Waals surface area contributed by atoms with Gasteiger partial charge >= 0.3 is 0 Å². The first-order chi connectivity index (χ1) is 6.53. The molecule has 0 saturated carbocycles. The highest BCUT2D eigenvalue weighted by molar-refractivity contribution is 5.35. The standard InChI is InChI=1S/C11H15N3/c1-9-5-4-6-10(14-9)13-8-11(2,3)7-12/h4-6H,8H2,1-3H3,(H,13,14). The summed E-state index contributed by atoms with van der Waals surface area (Å²) in [5, 5.41) is 12.0. The van der Waals surface area contributed by atoms with Crippen LogP contribution in [0.2, 0.25) is 0 Å². The van der Waals surface area contributed by atoms with Crippen LogP contribution in [0, 0.1) is 23.7 Å². The van der Waals surface area contributed by atoms with Crippen LogP contribution in [0.5, 0.6) is 0 Å². The van der Waals surface area contributed by atoms with E-state index in [2.05, 4.69) is 16.4 Å². The first-order valence-electron chi connectivity index (χ1n) is 4.62. The lowest BCUT2D eigenvalue weighted by atomic mass is 9.96. The molecule has 0 radical (unpaired) electrons. The molecular weight excluding hydrogens is 174 g/mol. The van der Waals surface area contributed by atoms with Crippen molar-refractivity contribution >= 4 is 5.82 Å². The van der Waals surface area contributed by atoms with Crippen LogP contribution >= 0.6 is 0 Å². The van der Waals surface area contributed by atoms with Gasteiger partial charge in [-0.3, -0.25) is 0 Å². The lowest BCUT2D eigenvalue weighted by molar-refractivity contribution is 0.528. The second kappa shape index (κ2) is 4.10. The smallest absolute Gasteiger partial charge is 0.126 e. The number of nitriles is 1. The van der Waals surface area contributed by atoms with Crippen molar-refractivity contribution in [1.82, 2.24) is 4.98 Å². The molecule has 0 atom stereocenters. The van der Waals surface area contributed by atoms with Crippen LogP contribution in [0.4, 0.5) is 5.82 Å². The minimum Gasteiger partial charge on any atom is -0.368 e. The number of nitrogens with zero attached hydrogens (tertiary/aromatic N) is 2. The van der Waals surface area contributed by atoms with Crippen molar-refractivity contribution in [3.05, 3.63) is 23.9 Å². The van der Waals surface area contributed by atoms with Crippen molar-refractivity contribution in [2.45, 2.75) is 20.8 Å². The Morgan fingerprint density at radius 2 is 2.21 bits per heavy atom. The molecule has 0 aromatic carbocycles. The molecule has 0 aliphatic carbocycles. The molecule has 0 spiro atoms. The average Bonchev–Trinajstić information content (AvgIpc) is 2.15. The Balaban J connectivity index is 2.59. The molecule has 0 fully saturated rings. The Hall–Kier alpha value is -1.56. The molecule has 0 bridgehead atoms. The van der Waals surface area contributed by atoms with E-state index in [1.165, 1.54) is 0 Å². The number of hydrogen-bond donors (Lipinski definition) is 1. The van der Waals surface area contributed by atoms with Crippen molar-refractivity contribution in [2.24, 2.45) is 5.41 Å². The third-order valence-electron chi connectivity index (χ3n) is 1.90. The van der Waals surface area contributed by atoms with Crippen molar-refractivity contribution in [1.29, 1.82) is 5.26 Å². The second-order valence-electron chi connectivity index (χ2n) is 4.01. The van der Waals surface area contributed by atoms with Crippen molar-refractivity contribution in [2.75, 3.05) is 11.9 Å². The minimum absolute atomic E-state index is 0.356. The van der Waals surface area contributed by atoms with Gasteiger partial charge in [0.05, 0.1) is 11.5 Å². The van der Waals surface area contributed by atoms with E-state index in [1.807, 2.05) is 39.0 Å². The van der Waals surface area contributed by atoms with Crippen LogP contribution in [0.1, 0.15) is 19.5 Å². The fourth-order valence-corrected chi connectivity index (χ4v) is 0.993. The Labute approximate surface area is 84.8 Å². The zero-order valence-corrected chi connectivity index (χ0v) is 8.83. The summed E-state index contributed by atoms with van der Waals surface area (Å²) >= 11 is 0. The molecule has 3 nitrogen and oxygen atoms in total. The molecule has 0 aliphatic rings. The number of pyridine rings is 1. The molecule has 0 amide bonds. The van der Waals surface area contributed by atoms with Gasteiger partial charge in [-0.2, -0.15) is 5.26 Å². The number of rotatable bonds is 3. The zero-order valence-electron chi connectivity index (χ0n) is 8.83. The Morgan fingerprint density at radius 1 is 1.50 bits per heavy atom. The second-order valence-corrected chi connectivity index (χ2v) is 4.01. The van der Waals surface area contributed by atoms with E-state index in [0.717, 1.165) is 11.5 Å². The third kappa shape index (κ3) is 3.06. The number of aromatic nitrogens is 1. The van der Waals surface area contributed by atoms with Crippen LogP contribution in [0.25, 0.3) is 0 Å². The first-order valence-corrected chi connectivity index (χ1v) is 4.62. The molecular formula is C11H15N3. The molecule has 3 heteroatoms. The SMILES string of the molecule is Cc1cccc(NCC(C)(C)C#N)n1. The van der Waals surface area contributed by atoms with Crippen LogP contribution in [0.3, 0.4) is 0 Å². The van der Waals surface area contributed by atoms with Crippen molar-refractivity contribution in [3.8, 4) is 6.07 Å². The van der Waals surface area contributed by atoms with Crippen LogP contribution in [-0.2, 0) is 0 Å². The van der Waals surface area contributed by atoms with Gasteiger partial charge in [0.25, 0.3) is 0 Å². The molecule has 1 aromatic rings. The van der Waals surface area contributed by atoms with E-state index in [-0.39, 0.29) is 5.41 Å². The molecule has 1 heterocycles. The highest BCUT2D eigenvalue weighted by atomic mass is 15.0. The van der Waals surface area contributed by atoms with Gasteiger partial charge in [0.1, 0.15) is 5.82 Å². The summed E-state index contributed by atoms with van der Waals surface area (Å²) in [6.45, 7) is 6.35. The van der Waals surface area contributed by atoms with Crippen LogP contribution in [0.15, 0.2) is 18.2 Å². The molecule has 14 heavy (non-hydrogen) atoms. The predicted octanol–water partition coefficient (Wildman–Crippen LogP) is 2.35. The van der Waals surface area contributed by atoms with Gasteiger partial charge in [0.15, 0.2) is 0 Å². The molecule has 0 saturated heterocycles. The zero-order chi connectivity index (χ0) is 10.6. The van der Waals surface area contributed by atoms with Gasteiger partial charge in [-0.1, -0.05) is 6.07 Å². The van der Waals surface area contributed by atoms with Crippen molar-refractivity contribution in [3.63, 3.8) is 0 Å². The molecule has 0 aliphatic heterocycles. The van der Waals surface area contributed by atoms with E-state index >= 15 is 0 Å². The maximum atomic E-state index is 8.82. The summed E-state index contributed by atoms with van der Waals surface area (Å²) in [6.07, 6.45) is 0. The minimum atomic E-state index is -0.356. The summed E-state index contributed by atoms with van der Waals surface area (Å²) in [6, 6.07) is 8.03. The lowest BCUT2D eigenvalue weighted by Gasteiger charge is -2.16. The number of hydrogen-bond acceptors (Lipinski definition) is 3. The van der Waals surface area contributed by atoms with Gasteiger partial charge in [0.2, 0.25) is 0 Å². The van der Waals surface area contributed by atoms with E-state index in [9.17, 15) is 0 Å². The molecule has 1 N–H and O–H groups in total. The Kier molecular flexibility index (Phi) is 3.08. The summed E-state index contributed by atoms with van der Waals surface area (Å²) < 4.78 is 0. The summed E-state index contributed by atoms with van der Waals surface area (Å²) in [4.78, 5) is 4.29. The van der Waals surface area contributed by atoms with Crippen LogP contribution < -0.4 is 5.32 Å². The van der Waals surface area contributed by atoms with Gasteiger partial charge < -0.3 is 5.32 Å². The first kappa shape index (κ1) is 10.5. The number of anilines is 1. The van der Waals surface area contributed by atoms with E-state index in [4.69, 9.17) is 5.26 Å². The molecule has 0 unspecified atom stereocenters. The summed E-state index contributed by atoms with van der Waals surface area (Å²) in [7, 11) is 0. The van der Waals surface area contributed by atoms with Gasteiger partial charge in [-0.25, -0.2) is 4.98 Å². The topological polar surface area (TPSA) is 48.7 Å². The maximum Gasteiger partial charge on any atom is 0.126 e. The third-order valence-corrected chi connectivity index (χ3v) is 1.90. The summed E-state index contributed by atoms with van der Waals surface area (Å²) in [5.41, 5.74) is 0.621. The Morgan fingerprint density at radius 3 is 2.79 bits per heavy atom. The monoisotopic (exact) mass is 189 g/mol. The number of nitrogens with one attached hydrogen (secondary N) is 1. The van der Waals surface area contributed by atoms with Gasteiger partial charge in [-0.15, -0.1) is 0 Å². The van der Waals surface area contributed by atoms with Gasteiger partial charge in [-0.05, 0) is 32.9 Å². The Bertz CT molecular complexity index is 350. The van der Waals surface area contributed by atoms with Gasteiger partial charge in [0, 0.05) is 12.2 Å². The van der Waals surface area contributed by atoms with Crippen LogP contribution in [-0.4, -0.2) is 11.5 Å². The quantitative estimate of drug-likeness (QED) is 0.794. The summed E-state index contributed by atoms with van der Waals surface area (Å²) in [5.74, 6) is 0.827. The lowest BCUT2D eigenvalue weighted by Crippen LogP contribution is -2.21. The molecule has 1 aromatic heterocycles. The highest BCUT2D eigenvalue weighted by Crippen LogP contribution is 2.14. The highest BCUT2D eigenvalue weighted by Gasteiger charge is 2.15. The number of aryl methyl sites for hydroxylation is 1. The van der Waals surface area contributed by atoms with E-state index in [0.29, 0.717) is 6.54 Å². The van der Waals surface area contributed by atoms with E-state index < -0.39 is 0 Å². The van der Waals surface area contributed by atoms with Crippen molar-refractivity contribution < 1.29 is 0 Å². The predicted molar refractivity (Wildman–Crippen MR) is 56.9 cm³/mol. The largest absolute Gasteiger partial charge is 0.368 e.